The van der Waals surface area contributed by atoms with Crippen LogP contribution in [0.1, 0.15) is 18.4 Å². The molecule has 2 aromatic heterocycles. The smallest absolute Gasteiger partial charge is 0.298 e. The Labute approximate surface area is 176 Å². The Morgan fingerprint density at radius 1 is 1.35 bits per heavy atom. The van der Waals surface area contributed by atoms with Crippen LogP contribution in [0.25, 0.3) is 16.8 Å². The van der Waals surface area contributed by atoms with Gasteiger partial charge in [0.05, 0.1) is 17.6 Å². The maximum absolute atomic E-state index is 14.8. The fourth-order valence-corrected chi connectivity index (χ4v) is 4.03. The van der Waals surface area contributed by atoms with Crippen LogP contribution in [-0.2, 0) is 4.79 Å². The molecule has 31 heavy (non-hydrogen) atoms. The van der Waals surface area contributed by atoms with Crippen molar-refractivity contribution in [1.29, 1.82) is 0 Å². The van der Waals surface area contributed by atoms with Gasteiger partial charge in [0.2, 0.25) is 5.95 Å². The SMILES string of the molecule is Cc1cc(F)c(-c2nnc(N[C@@H]3CCCN(CC(F)F)C3)n3cccc23)c(OC=O)c1. The molecule has 0 bridgehead atoms. The molecule has 1 aromatic carbocycles. The van der Waals surface area contributed by atoms with Gasteiger partial charge in [-0.3, -0.25) is 14.1 Å². The normalized spacial score (nSPS) is 17.3. The highest BCUT2D eigenvalue weighted by Crippen LogP contribution is 2.35. The number of aryl methyl sites for hydroxylation is 1. The molecule has 1 N–H and O–H groups in total. The molecule has 0 radical (unpaired) electrons. The van der Waals surface area contributed by atoms with Crippen molar-refractivity contribution in [2.75, 3.05) is 25.0 Å². The Balaban J connectivity index is 1.67. The molecule has 1 aliphatic rings. The second-order valence-corrected chi connectivity index (χ2v) is 7.60. The molecule has 164 valence electrons. The highest BCUT2D eigenvalue weighted by Gasteiger charge is 2.24. The number of halogens is 3. The van der Waals surface area contributed by atoms with E-state index in [9.17, 15) is 18.0 Å². The Morgan fingerprint density at radius 2 is 2.19 bits per heavy atom. The summed E-state index contributed by atoms with van der Waals surface area (Å²) in [7, 11) is 0. The maximum Gasteiger partial charge on any atom is 0.298 e. The van der Waals surface area contributed by atoms with Crippen molar-refractivity contribution in [3.05, 3.63) is 41.8 Å². The second kappa shape index (κ2) is 8.93. The van der Waals surface area contributed by atoms with Gasteiger partial charge in [0.25, 0.3) is 12.9 Å². The Kier molecular flexibility index (Phi) is 6.08. The fourth-order valence-electron chi connectivity index (χ4n) is 4.03. The summed E-state index contributed by atoms with van der Waals surface area (Å²) in [4.78, 5) is 12.6. The summed E-state index contributed by atoms with van der Waals surface area (Å²) in [5.41, 5.74) is 1.44. The van der Waals surface area contributed by atoms with E-state index in [1.165, 1.54) is 6.07 Å². The minimum Gasteiger partial charge on any atom is -0.428 e. The Bertz CT molecular complexity index is 1090. The third-order valence-corrected chi connectivity index (χ3v) is 5.31. The van der Waals surface area contributed by atoms with Gasteiger partial charge >= 0.3 is 0 Å². The van der Waals surface area contributed by atoms with Gasteiger partial charge in [-0.2, -0.15) is 0 Å². The molecule has 1 atom stereocenters. The lowest BCUT2D eigenvalue weighted by Gasteiger charge is -2.33. The molecule has 0 saturated carbocycles. The number of benzene rings is 1. The quantitative estimate of drug-likeness (QED) is 0.575. The summed E-state index contributed by atoms with van der Waals surface area (Å²) >= 11 is 0. The van der Waals surface area contributed by atoms with Crippen LogP contribution in [0.3, 0.4) is 0 Å². The van der Waals surface area contributed by atoms with Crippen LogP contribution in [0, 0.1) is 12.7 Å². The third-order valence-electron chi connectivity index (χ3n) is 5.31. The van der Waals surface area contributed by atoms with Crippen molar-refractivity contribution in [1.82, 2.24) is 19.5 Å². The van der Waals surface area contributed by atoms with E-state index in [-0.39, 0.29) is 36.1 Å². The first-order valence-electron chi connectivity index (χ1n) is 9.98. The van der Waals surface area contributed by atoms with E-state index in [4.69, 9.17) is 4.74 Å². The van der Waals surface area contributed by atoms with Gasteiger partial charge in [-0.1, -0.05) is 0 Å². The molecule has 10 heteroatoms. The molecular formula is C21H22F3N5O2. The summed E-state index contributed by atoms with van der Waals surface area (Å²) in [6, 6.07) is 6.34. The maximum atomic E-state index is 14.8. The van der Waals surface area contributed by atoms with Crippen LogP contribution < -0.4 is 10.1 Å². The fraction of sp³-hybridized carbons (Fsp3) is 0.381. The Hall–Kier alpha value is -3.14. The number of carbonyl (C=O) groups excluding carboxylic acids is 1. The van der Waals surface area contributed by atoms with Gasteiger partial charge in [-0.15, -0.1) is 10.2 Å². The van der Waals surface area contributed by atoms with Gasteiger partial charge in [0.15, 0.2) is 0 Å². The standard InChI is InChI=1S/C21H22F3N5O2/c1-13-8-15(22)19(17(9-13)31-12-30)20-16-5-3-7-29(16)21(27-26-20)25-14-4-2-6-28(10-14)11-18(23)24/h3,5,7-9,12,14,18H,2,4,6,10-11H2,1H3,(H,25,27)/t14-/m1/s1. The zero-order valence-corrected chi connectivity index (χ0v) is 16.9. The van der Waals surface area contributed by atoms with Gasteiger partial charge in [0, 0.05) is 18.8 Å². The number of hydrogen-bond donors (Lipinski definition) is 1. The monoisotopic (exact) mass is 433 g/mol. The van der Waals surface area contributed by atoms with Crippen molar-refractivity contribution in [2.24, 2.45) is 0 Å². The predicted octanol–water partition coefficient (Wildman–Crippen LogP) is 3.52. The van der Waals surface area contributed by atoms with Gasteiger partial charge < -0.3 is 10.1 Å². The minimum absolute atomic E-state index is 0.0428. The van der Waals surface area contributed by atoms with Crippen molar-refractivity contribution in [3.63, 3.8) is 0 Å². The summed E-state index contributed by atoms with van der Waals surface area (Å²) < 4.78 is 47.0. The number of aromatic nitrogens is 3. The molecule has 1 aliphatic heterocycles. The van der Waals surface area contributed by atoms with E-state index >= 15 is 0 Å². The number of anilines is 1. The topological polar surface area (TPSA) is 71.8 Å². The number of nitrogens with zero attached hydrogens (tertiary/aromatic N) is 4. The van der Waals surface area contributed by atoms with Crippen LogP contribution >= 0.6 is 0 Å². The van der Waals surface area contributed by atoms with E-state index in [2.05, 4.69) is 15.5 Å². The number of fused-ring (bicyclic) bond motifs is 1. The van der Waals surface area contributed by atoms with Gasteiger partial charge in [-0.25, -0.2) is 13.2 Å². The summed E-state index contributed by atoms with van der Waals surface area (Å²) in [5, 5.41) is 11.7. The van der Waals surface area contributed by atoms with Crippen molar-refractivity contribution >= 4 is 17.9 Å². The van der Waals surface area contributed by atoms with E-state index in [1.54, 1.807) is 40.6 Å². The molecule has 0 unspecified atom stereocenters. The first kappa shape index (κ1) is 21.1. The summed E-state index contributed by atoms with van der Waals surface area (Å²) in [6.07, 6.45) is 0.991. The highest BCUT2D eigenvalue weighted by atomic mass is 19.3. The number of hydrogen-bond acceptors (Lipinski definition) is 6. The van der Waals surface area contributed by atoms with Crippen molar-refractivity contribution in [2.45, 2.75) is 32.2 Å². The first-order chi connectivity index (χ1) is 15.0. The number of likely N-dealkylation sites (tertiary alicyclic amines) is 1. The molecule has 4 rings (SSSR count). The first-order valence-corrected chi connectivity index (χ1v) is 9.98. The van der Waals surface area contributed by atoms with Crippen molar-refractivity contribution < 1.29 is 22.7 Å². The van der Waals surface area contributed by atoms with E-state index in [0.717, 1.165) is 12.8 Å². The molecule has 3 heterocycles. The molecule has 0 spiro atoms. The van der Waals surface area contributed by atoms with Gasteiger partial charge in [-0.05, 0) is 56.1 Å². The molecule has 3 aromatic rings. The average Bonchev–Trinajstić information content (AvgIpc) is 3.19. The highest BCUT2D eigenvalue weighted by molar-refractivity contribution is 5.82. The number of nitrogens with one attached hydrogen (secondary N) is 1. The second-order valence-electron chi connectivity index (χ2n) is 7.60. The van der Waals surface area contributed by atoms with E-state index < -0.39 is 12.2 Å². The molecule has 0 aliphatic carbocycles. The number of ether oxygens (including phenoxy) is 1. The third kappa shape index (κ3) is 4.48. The molecule has 7 nitrogen and oxygen atoms in total. The summed E-state index contributed by atoms with van der Waals surface area (Å²) in [6.45, 7) is 2.79. The van der Waals surface area contributed by atoms with Gasteiger partial charge in [0.1, 0.15) is 17.3 Å². The number of piperidine rings is 1. The summed E-state index contributed by atoms with van der Waals surface area (Å²) in [5.74, 6) is -0.0940. The van der Waals surface area contributed by atoms with E-state index in [0.29, 0.717) is 30.1 Å². The molecule has 0 amide bonds. The number of alkyl halides is 2. The van der Waals surface area contributed by atoms with E-state index in [1.807, 2.05) is 0 Å². The van der Waals surface area contributed by atoms with Crippen LogP contribution in [0.15, 0.2) is 30.5 Å². The van der Waals surface area contributed by atoms with Crippen LogP contribution in [-0.4, -0.2) is 58.1 Å². The lowest BCUT2D eigenvalue weighted by Crippen LogP contribution is -2.44. The lowest BCUT2D eigenvalue weighted by molar-refractivity contribution is -0.120. The Morgan fingerprint density at radius 3 is 2.97 bits per heavy atom. The minimum atomic E-state index is -2.37. The van der Waals surface area contributed by atoms with Crippen LogP contribution in [0.4, 0.5) is 19.1 Å². The number of carbonyl (C=O) groups is 1. The lowest BCUT2D eigenvalue weighted by atomic mass is 10.1. The van der Waals surface area contributed by atoms with Crippen LogP contribution in [0.5, 0.6) is 5.75 Å². The average molecular weight is 433 g/mol. The number of rotatable bonds is 7. The molecule has 1 saturated heterocycles. The van der Waals surface area contributed by atoms with Crippen molar-refractivity contribution in [3.8, 4) is 17.0 Å². The predicted molar refractivity (Wildman–Crippen MR) is 109 cm³/mol. The zero-order valence-electron chi connectivity index (χ0n) is 16.9. The molecular weight excluding hydrogens is 411 g/mol. The molecule has 1 fully saturated rings. The zero-order chi connectivity index (χ0) is 22.0. The van der Waals surface area contributed by atoms with Crippen LogP contribution in [0.2, 0.25) is 0 Å². The largest absolute Gasteiger partial charge is 0.428 e.